The summed E-state index contributed by atoms with van der Waals surface area (Å²) >= 11 is 0. The molecule has 1 aromatic heterocycles. The zero-order valence-corrected chi connectivity index (χ0v) is 14.3. The van der Waals surface area contributed by atoms with Gasteiger partial charge >= 0.3 is 0 Å². The zero-order valence-electron chi connectivity index (χ0n) is 14.3. The molecule has 1 heterocycles. The van der Waals surface area contributed by atoms with E-state index in [1.165, 1.54) is 38.5 Å². The first-order valence-corrected chi connectivity index (χ1v) is 9.28. The molecule has 0 spiro atoms. The fourth-order valence-electron chi connectivity index (χ4n) is 4.05. The number of carbonyl (C=O) groups excluding carboxylic acids is 1. The van der Waals surface area contributed by atoms with Gasteiger partial charge < -0.3 is 16.8 Å². The van der Waals surface area contributed by atoms with Crippen molar-refractivity contribution in [1.82, 2.24) is 9.97 Å². The molecule has 132 valence electrons. The van der Waals surface area contributed by atoms with Gasteiger partial charge in [-0.05, 0) is 63.3 Å². The molecule has 5 N–H and O–H groups in total. The molecule has 0 unspecified atom stereocenters. The molecule has 1 aromatic rings. The number of rotatable bonds is 6. The highest BCUT2D eigenvalue weighted by Gasteiger charge is 2.24. The molecule has 0 aliphatic heterocycles. The summed E-state index contributed by atoms with van der Waals surface area (Å²) in [5.74, 6) is 1.41. The second kappa shape index (κ2) is 7.92. The lowest BCUT2D eigenvalue weighted by Gasteiger charge is -2.27. The number of nitrogens with zero attached hydrogens (tertiary/aromatic N) is 2. The largest absolute Gasteiger partial charge is 0.365 e. The van der Waals surface area contributed by atoms with Crippen molar-refractivity contribution in [3.63, 3.8) is 0 Å². The van der Waals surface area contributed by atoms with Crippen LogP contribution in [0.3, 0.4) is 0 Å². The Labute approximate surface area is 143 Å². The average molecular weight is 331 g/mol. The summed E-state index contributed by atoms with van der Waals surface area (Å²) in [6.07, 6.45) is 11.9. The number of nitrogens with one attached hydrogen (secondary N) is 1. The van der Waals surface area contributed by atoms with Gasteiger partial charge in [-0.2, -0.15) is 0 Å². The molecular formula is C18H29N5O. The lowest BCUT2D eigenvalue weighted by atomic mass is 9.79. The zero-order chi connectivity index (χ0) is 16.9. The highest BCUT2D eigenvalue weighted by atomic mass is 16.1. The monoisotopic (exact) mass is 331 g/mol. The van der Waals surface area contributed by atoms with E-state index in [1.807, 2.05) is 0 Å². The van der Waals surface area contributed by atoms with Crippen LogP contribution < -0.4 is 16.8 Å². The fraction of sp³-hybridized carbons (Fsp3) is 0.722. The summed E-state index contributed by atoms with van der Waals surface area (Å²) in [7, 11) is 0. The molecule has 6 nitrogen and oxygen atoms in total. The van der Waals surface area contributed by atoms with Crippen LogP contribution in [0.4, 0.5) is 5.95 Å². The molecule has 0 atom stereocenters. The van der Waals surface area contributed by atoms with Crippen LogP contribution in [-0.4, -0.2) is 28.5 Å². The Kier molecular flexibility index (Phi) is 5.66. The van der Waals surface area contributed by atoms with Gasteiger partial charge in [0.05, 0.1) is 11.3 Å². The van der Waals surface area contributed by atoms with E-state index in [-0.39, 0.29) is 0 Å². The van der Waals surface area contributed by atoms with Gasteiger partial charge in [0.25, 0.3) is 5.91 Å². The van der Waals surface area contributed by atoms with Crippen molar-refractivity contribution in [3.8, 4) is 0 Å². The lowest BCUT2D eigenvalue weighted by molar-refractivity contribution is 0.0998. The maximum Gasteiger partial charge on any atom is 0.252 e. The number of hydrogen-bond acceptors (Lipinski definition) is 5. The Morgan fingerprint density at radius 3 is 2.42 bits per heavy atom. The Hall–Kier alpha value is -1.69. The van der Waals surface area contributed by atoms with Gasteiger partial charge in [-0.1, -0.05) is 12.8 Å². The minimum atomic E-state index is -0.437. The van der Waals surface area contributed by atoms with E-state index in [4.69, 9.17) is 11.5 Å². The van der Waals surface area contributed by atoms with Crippen molar-refractivity contribution < 1.29 is 4.79 Å². The molecule has 6 heteroatoms. The molecule has 2 aliphatic carbocycles. The molecule has 2 fully saturated rings. The molecule has 2 aliphatic rings. The Morgan fingerprint density at radius 2 is 1.79 bits per heavy atom. The maximum absolute atomic E-state index is 11.7. The molecule has 0 aromatic carbocycles. The van der Waals surface area contributed by atoms with Crippen LogP contribution in [-0.2, 0) is 6.42 Å². The number of nitrogens with two attached hydrogens (primary N) is 2. The van der Waals surface area contributed by atoms with E-state index < -0.39 is 5.91 Å². The maximum atomic E-state index is 11.7. The minimum Gasteiger partial charge on any atom is -0.365 e. The van der Waals surface area contributed by atoms with Crippen molar-refractivity contribution in [2.75, 3.05) is 11.9 Å². The Bertz CT molecular complexity index is 563. The van der Waals surface area contributed by atoms with E-state index >= 15 is 0 Å². The Balaban J connectivity index is 1.70. The van der Waals surface area contributed by atoms with Gasteiger partial charge in [0, 0.05) is 12.2 Å². The second-order valence-corrected chi connectivity index (χ2v) is 7.37. The predicted molar refractivity (Wildman–Crippen MR) is 94.6 cm³/mol. The van der Waals surface area contributed by atoms with Gasteiger partial charge in [-0.3, -0.25) is 4.79 Å². The minimum absolute atomic E-state index is 0.437. The van der Waals surface area contributed by atoms with E-state index in [2.05, 4.69) is 15.3 Å². The summed E-state index contributed by atoms with van der Waals surface area (Å²) < 4.78 is 0. The van der Waals surface area contributed by atoms with E-state index in [9.17, 15) is 4.79 Å². The van der Waals surface area contributed by atoms with Gasteiger partial charge in [0.1, 0.15) is 0 Å². The predicted octanol–water partition coefficient (Wildman–Crippen LogP) is 2.24. The average Bonchev–Trinajstić information content (AvgIpc) is 3.08. The first-order valence-electron chi connectivity index (χ1n) is 9.28. The Morgan fingerprint density at radius 1 is 1.12 bits per heavy atom. The van der Waals surface area contributed by atoms with Crippen LogP contribution in [0.1, 0.15) is 67.4 Å². The number of primary amides is 1. The molecular weight excluding hydrogens is 302 g/mol. The molecule has 0 saturated heterocycles. The molecule has 0 radical (unpaired) electrons. The van der Waals surface area contributed by atoms with Crippen molar-refractivity contribution >= 4 is 11.9 Å². The number of anilines is 1. The lowest BCUT2D eigenvalue weighted by Crippen LogP contribution is -2.24. The van der Waals surface area contributed by atoms with E-state index in [1.54, 1.807) is 6.20 Å². The highest BCUT2D eigenvalue weighted by Crippen LogP contribution is 2.31. The molecule has 1 amide bonds. The van der Waals surface area contributed by atoms with Crippen LogP contribution in [0, 0.1) is 11.8 Å². The van der Waals surface area contributed by atoms with Gasteiger partial charge in [0.15, 0.2) is 0 Å². The normalized spacial score (nSPS) is 24.9. The molecule has 24 heavy (non-hydrogen) atoms. The third-order valence-corrected chi connectivity index (χ3v) is 5.60. The van der Waals surface area contributed by atoms with Crippen LogP contribution in [0.2, 0.25) is 0 Å². The summed E-state index contributed by atoms with van der Waals surface area (Å²) in [5.41, 5.74) is 12.6. The molecule has 0 bridgehead atoms. The fourth-order valence-corrected chi connectivity index (χ4v) is 4.05. The topological polar surface area (TPSA) is 107 Å². The first-order chi connectivity index (χ1) is 11.7. The number of hydrogen-bond donors (Lipinski definition) is 3. The number of aromatic nitrogens is 2. The SMILES string of the molecule is NCC1CCC(Cc2nc(NC3CCCC3)ncc2C(N)=O)CC1. The number of carbonyl (C=O) groups is 1. The van der Waals surface area contributed by atoms with Crippen molar-refractivity contribution in [1.29, 1.82) is 0 Å². The third kappa shape index (κ3) is 4.23. The summed E-state index contributed by atoms with van der Waals surface area (Å²) in [6.45, 7) is 0.780. The number of amides is 1. The summed E-state index contributed by atoms with van der Waals surface area (Å²) in [4.78, 5) is 20.7. The molecule has 3 rings (SSSR count). The molecule has 2 saturated carbocycles. The highest BCUT2D eigenvalue weighted by molar-refractivity contribution is 5.93. The van der Waals surface area contributed by atoms with Gasteiger partial charge in [0.2, 0.25) is 5.95 Å². The summed E-state index contributed by atoms with van der Waals surface area (Å²) in [5, 5.41) is 3.41. The van der Waals surface area contributed by atoms with Gasteiger partial charge in [-0.25, -0.2) is 9.97 Å². The van der Waals surface area contributed by atoms with E-state index in [0.717, 1.165) is 31.5 Å². The van der Waals surface area contributed by atoms with Crippen LogP contribution in [0.5, 0.6) is 0 Å². The second-order valence-electron chi connectivity index (χ2n) is 7.37. The smallest absolute Gasteiger partial charge is 0.252 e. The van der Waals surface area contributed by atoms with Crippen molar-refractivity contribution in [3.05, 3.63) is 17.5 Å². The first kappa shape index (κ1) is 17.1. The third-order valence-electron chi connectivity index (χ3n) is 5.60. The van der Waals surface area contributed by atoms with Crippen LogP contribution in [0.25, 0.3) is 0 Å². The summed E-state index contributed by atoms with van der Waals surface area (Å²) in [6, 6.07) is 0.456. The van der Waals surface area contributed by atoms with E-state index in [0.29, 0.717) is 29.4 Å². The quantitative estimate of drug-likeness (QED) is 0.741. The van der Waals surface area contributed by atoms with Crippen LogP contribution in [0.15, 0.2) is 6.20 Å². The van der Waals surface area contributed by atoms with Crippen molar-refractivity contribution in [2.24, 2.45) is 23.3 Å². The van der Waals surface area contributed by atoms with Crippen molar-refractivity contribution in [2.45, 2.75) is 63.8 Å². The van der Waals surface area contributed by atoms with Gasteiger partial charge in [-0.15, -0.1) is 0 Å². The van der Waals surface area contributed by atoms with Crippen LogP contribution >= 0.6 is 0 Å². The standard InChI is InChI=1S/C18H29N5O/c19-10-13-7-5-12(6-8-13)9-16-15(17(20)24)11-21-18(23-16)22-14-3-1-2-4-14/h11-14H,1-10,19H2,(H2,20,24)(H,21,22,23).